The molecule has 0 radical (unpaired) electrons. The van der Waals surface area contributed by atoms with Crippen LogP contribution in [0.3, 0.4) is 0 Å². The average molecular weight is 342 g/mol. The molecule has 1 aromatic rings. The summed E-state index contributed by atoms with van der Waals surface area (Å²) in [6.07, 6.45) is 3.14. The fourth-order valence-corrected chi connectivity index (χ4v) is 4.10. The Kier molecular flexibility index (Phi) is 5.16. The molecule has 0 bridgehead atoms. The lowest BCUT2D eigenvalue weighted by atomic mass is 9.81. The predicted molar refractivity (Wildman–Crippen MR) is 100 cm³/mol. The summed E-state index contributed by atoms with van der Waals surface area (Å²) in [5.74, 6) is 1.35. The van der Waals surface area contributed by atoms with E-state index in [0.717, 1.165) is 38.2 Å². The topological polar surface area (TPSA) is 40.6 Å². The van der Waals surface area contributed by atoms with Gasteiger partial charge in [-0.05, 0) is 42.2 Å². The van der Waals surface area contributed by atoms with Crippen molar-refractivity contribution < 1.29 is 9.59 Å². The van der Waals surface area contributed by atoms with Gasteiger partial charge in [-0.3, -0.25) is 9.59 Å². The highest BCUT2D eigenvalue weighted by molar-refractivity contribution is 5.93. The van der Waals surface area contributed by atoms with Crippen molar-refractivity contribution in [2.75, 3.05) is 24.5 Å². The number of fused-ring (bicyclic) bond motifs is 1. The molecule has 1 aromatic carbocycles. The number of amides is 2. The summed E-state index contributed by atoms with van der Waals surface area (Å²) < 4.78 is 0. The summed E-state index contributed by atoms with van der Waals surface area (Å²) in [6, 6.07) is 9.95. The number of carbonyl (C=O) groups is 2. The molecular formula is C21H30N2O2. The molecule has 2 amide bonds. The summed E-state index contributed by atoms with van der Waals surface area (Å²) in [4.78, 5) is 29.3. The molecule has 3 rings (SSSR count). The van der Waals surface area contributed by atoms with Crippen molar-refractivity contribution in [3.8, 4) is 0 Å². The number of nitrogens with zero attached hydrogens (tertiary/aromatic N) is 2. The van der Waals surface area contributed by atoms with Crippen LogP contribution in [-0.4, -0.2) is 36.3 Å². The highest BCUT2D eigenvalue weighted by Gasteiger charge is 2.37. The van der Waals surface area contributed by atoms with E-state index in [2.05, 4.69) is 20.8 Å². The van der Waals surface area contributed by atoms with Gasteiger partial charge in [0.25, 0.3) is 0 Å². The SMILES string of the molecule is CC(C)(C)CC(=O)N1CC[C@@H]2CC(=O)N(c3ccccc3)CC[C@H]2C1. The van der Waals surface area contributed by atoms with Gasteiger partial charge in [0.05, 0.1) is 0 Å². The van der Waals surface area contributed by atoms with Gasteiger partial charge in [0.2, 0.25) is 11.8 Å². The predicted octanol–water partition coefficient (Wildman–Crippen LogP) is 3.71. The van der Waals surface area contributed by atoms with E-state index in [4.69, 9.17) is 0 Å². The molecule has 4 heteroatoms. The normalized spacial score (nSPS) is 24.7. The Morgan fingerprint density at radius 2 is 1.76 bits per heavy atom. The monoisotopic (exact) mass is 342 g/mol. The van der Waals surface area contributed by atoms with Crippen LogP contribution in [-0.2, 0) is 9.59 Å². The van der Waals surface area contributed by atoms with Gasteiger partial charge in [0, 0.05) is 38.2 Å². The van der Waals surface area contributed by atoms with Gasteiger partial charge in [-0.2, -0.15) is 0 Å². The Hall–Kier alpha value is -1.84. The minimum Gasteiger partial charge on any atom is -0.342 e. The molecule has 0 saturated carbocycles. The third-order valence-electron chi connectivity index (χ3n) is 5.45. The Morgan fingerprint density at radius 1 is 1.08 bits per heavy atom. The molecule has 2 aliphatic heterocycles. The molecule has 136 valence electrons. The second-order valence-corrected chi connectivity index (χ2v) is 8.76. The maximum atomic E-state index is 12.7. The molecule has 0 aliphatic carbocycles. The van der Waals surface area contributed by atoms with Crippen LogP contribution >= 0.6 is 0 Å². The van der Waals surface area contributed by atoms with Gasteiger partial charge >= 0.3 is 0 Å². The van der Waals surface area contributed by atoms with Gasteiger partial charge in [0.1, 0.15) is 0 Å². The number of para-hydroxylation sites is 1. The number of hydrogen-bond acceptors (Lipinski definition) is 2. The summed E-state index contributed by atoms with van der Waals surface area (Å²) in [7, 11) is 0. The molecule has 0 N–H and O–H groups in total. The molecule has 2 saturated heterocycles. The molecule has 25 heavy (non-hydrogen) atoms. The lowest BCUT2D eigenvalue weighted by Crippen LogP contribution is -2.44. The zero-order valence-corrected chi connectivity index (χ0v) is 15.7. The first-order valence-electron chi connectivity index (χ1n) is 9.47. The third kappa shape index (κ3) is 4.42. The molecule has 0 unspecified atom stereocenters. The molecule has 2 atom stereocenters. The van der Waals surface area contributed by atoms with E-state index >= 15 is 0 Å². The summed E-state index contributed by atoms with van der Waals surface area (Å²) in [5.41, 5.74) is 1.02. The van der Waals surface area contributed by atoms with Crippen molar-refractivity contribution in [1.82, 2.24) is 4.90 Å². The van der Waals surface area contributed by atoms with Crippen molar-refractivity contribution in [3.63, 3.8) is 0 Å². The number of benzene rings is 1. The molecule has 0 aromatic heterocycles. The van der Waals surface area contributed by atoms with Gasteiger partial charge < -0.3 is 9.80 Å². The molecule has 0 spiro atoms. The first-order chi connectivity index (χ1) is 11.8. The molecule has 4 nitrogen and oxygen atoms in total. The van der Waals surface area contributed by atoms with Gasteiger partial charge in [-0.1, -0.05) is 39.0 Å². The maximum absolute atomic E-state index is 12.7. The van der Waals surface area contributed by atoms with Gasteiger partial charge in [-0.15, -0.1) is 0 Å². The fourth-order valence-electron chi connectivity index (χ4n) is 4.10. The first-order valence-corrected chi connectivity index (χ1v) is 9.47. The second kappa shape index (κ2) is 7.19. The van der Waals surface area contributed by atoms with Crippen molar-refractivity contribution in [2.24, 2.45) is 17.3 Å². The fraction of sp³-hybridized carbons (Fsp3) is 0.619. The Balaban J connectivity index is 1.66. The Morgan fingerprint density at radius 3 is 2.44 bits per heavy atom. The molecule has 2 heterocycles. The molecule has 2 aliphatic rings. The quantitative estimate of drug-likeness (QED) is 0.822. The molecule has 2 fully saturated rings. The smallest absolute Gasteiger partial charge is 0.227 e. The average Bonchev–Trinajstić information content (AvgIpc) is 2.71. The summed E-state index contributed by atoms with van der Waals surface area (Å²) in [5, 5.41) is 0. The van der Waals surface area contributed by atoms with Crippen LogP contribution in [0.2, 0.25) is 0 Å². The van der Waals surface area contributed by atoms with E-state index < -0.39 is 0 Å². The van der Waals surface area contributed by atoms with Crippen molar-refractivity contribution in [2.45, 2.75) is 46.5 Å². The number of piperidine rings is 1. The van der Waals surface area contributed by atoms with Crippen LogP contribution < -0.4 is 4.90 Å². The minimum absolute atomic E-state index is 0.0253. The summed E-state index contributed by atoms with van der Waals surface area (Å²) in [6.45, 7) is 8.70. The number of hydrogen-bond donors (Lipinski definition) is 0. The Labute approximate surface area is 151 Å². The van der Waals surface area contributed by atoms with Crippen LogP contribution in [0.1, 0.15) is 46.5 Å². The number of anilines is 1. The largest absolute Gasteiger partial charge is 0.342 e. The van der Waals surface area contributed by atoms with E-state index in [1.165, 1.54) is 0 Å². The van der Waals surface area contributed by atoms with E-state index in [1.807, 2.05) is 40.1 Å². The first kappa shape index (κ1) is 18.0. The highest BCUT2D eigenvalue weighted by atomic mass is 16.2. The van der Waals surface area contributed by atoms with E-state index in [9.17, 15) is 9.59 Å². The van der Waals surface area contributed by atoms with Crippen LogP contribution in [0.15, 0.2) is 30.3 Å². The second-order valence-electron chi connectivity index (χ2n) is 8.76. The number of likely N-dealkylation sites (tertiary alicyclic amines) is 1. The van der Waals surface area contributed by atoms with Crippen LogP contribution in [0.4, 0.5) is 5.69 Å². The zero-order chi connectivity index (χ0) is 18.0. The van der Waals surface area contributed by atoms with Crippen LogP contribution in [0.5, 0.6) is 0 Å². The van der Waals surface area contributed by atoms with Crippen molar-refractivity contribution in [1.29, 1.82) is 0 Å². The molecular weight excluding hydrogens is 312 g/mol. The third-order valence-corrected chi connectivity index (χ3v) is 5.45. The van der Waals surface area contributed by atoms with E-state index in [-0.39, 0.29) is 17.2 Å². The zero-order valence-electron chi connectivity index (χ0n) is 15.7. The van der Waals surface area contributed by atoms with E-state index in [0.29, 0.717) is 24.7 Å². The Bertz CT molecular complexity index is 621. The van der Waals surface area contributed by atoms with Gasteiger partial charge in [0.15, 0.2) is 0 Å². The maximum Gasteiger partial charge on any atom is 0.227 e. The summed E-state index contributed by atoms with van der Waals surface area (Å²) >= 11 is 0. The van der Waals surface area contributed by atoms with Crippen LogP contribution in [0.25, 0.3) is 0 Å². The van der Waals surface area contributed by atoms with Crippen molar-refractivity contribution >= 4 is 17.5 Å². The lowest BCUT2D eigenvalue weighted by molar-refractivity contribution is -0.135. The van der Waals surface area contributed by atoms with Gasteiger partial charge in [-0.25, -0.2) is 0 Å². The van der Waals surface area contributed by atoms with Crippen molar-refractivity contribution in [3.05, 3.63) is 30.3 Å². The number of carbonyl (C=O) groups excluding carboxylic acids is 2. The van der Waals surface area contributed by atoms with Crippen LogP contribution in [0, 0.1) is 17.3 Å². The lowest BCUT2D eigenvalue weighted by Gasteiger charge is -2.38. The van der Waals surface area contributed by atoms with E-state index in [1.54, 1.807) is 0 Å². The standard InChI is InChI=1S/C21H30N2O2/c1-21(2,3)14-20(25)22-11-9-16-13-19(24)23(12-10-17(16)15-22)18-7-5-4-6-8-18/h4-8,16-17H,9-15H2,1-3H3/t16-,17+/m1/s1. The number of rotatable bonds is 2. The minimum atomic E-state index is 0.0253. The highest BCUT2D eigenvalue weighted by Crippen LogP contribution is 2.34.